The molecule has 0 heterocycles. The monoisotopic (exact) mass is 214 g/mol. The van der Waals surface area contributed by atoms with Gasteiger partial charge < -0.3 is 0 Å². The molecule has 0 N–H and O–H groups in total. The molecule has 1 aromatic carbocycles. The summed E-state index contributed by atoms with van der Waals surface area (Å²) in [4.78, 5) is 0. The van der Waals surface area contributed by atoms with Gasteiger partial charge in [-0.3, -0.25) is 0 Å². The summed E-state index contributed by atoms with van der Waals surface area (Å²) in [7, 11) is 0. The SMILES string of the molecule is CC(C)(C)C1Cc2ccc(C3CC3)cc2C1. The third kappa shape index (κ3) is 1.79. The van der Waals surface area contributed by atoms with Gasteiger partial charge in [0.15, 0.2) is 0 Å². The molecule has 0 aromatic heterocycles. The first kappa shape index (κ1) is 10.4. The second kappa shape index (κ2) is 3.35. The van der Waals surface area contributed by atoms with Gasteiger partial charge in [0.2, 0.25) is 0 Å². The van der Waals surface area contributed by atoms with E-state index in [0.717, 1.165) is 11.8 Å². The van der Waals surface area contributed by atoms with E-state index >= 15 is 0 Å². The van der Waals surface area contributed by atoms with Crippen molar-refractivity contribution in [3.8, 4) is 0 Å². The molecule has 0 radical (unpaired) electrons. The Hall–Kier alpha value is -0.780. The molecule has 2 aliphatic rings. The molecule has 0 heteroatoms. The van der Waals surface area contributed by atoms with E-state index in [-0.39, 0.29) is 0 Å². The van der Waals surface area contributed by atoms with Crippen molar-refractivity contribution in [2.75, 3.05) is 0 Å². The third-order valence-electron chi connectivity index (χ3n) is 4.44. The molecular formula is C16H22. The second-order valence-electron chi connectivity index (χ2n) is 6.77. The average molecular weight is 214 g/mol. The maximum atomic E-state index is 2.50. The van der Waals surface area contributed by atoms with Crippen LogP contribution in [0.1, 0.15) is 56.2 Å². The highest BCUT2D eigenvalue weighted by molar-refractivity contribution is 5.39. The van der Waals surface area contributed by atoms with Gasteiger partial charge in [-0.05, 0) is 59.6 Å². The van der Waals surface area contributed by atoms with E-state index in [1.165, 1.54) is 25.7 Å². The number of fused-ring (bicyclic) bond motifs is 1. The lowest BCUT2D eigenvalue weighted by molar-refractivity contribution is 0.251. The van der Waals surface area contributed by atoms with Gasteiger partial charge in [-0.1, -0.05) is 39.0 Å². The Kier molecular flexibility index (Phi) is 2.18. The summed E-state index contributed by atoms with van der Waals surface area (Å²) in [5, 5.41) is 0. The predicted octanol–water partition coefficient (Wildman–Crippen LogP) is 4.32. The zero-order chi connectivity index (χ0) is 11.3. The number of hydrogen-bond donors (Lipinski definition) is 0. The zero-order valence-corrected chi connectivity index (χ0v) is 10.7. The quantitative estimate of drug-likeness (QED) is 0.653. The van der Waals surface area contributed by atoms with E-state index in [9.17, 15) is 0 Å². The van der Waals surface area contributed by atoms with Gasteiger partial charge in [0.1, 0.15) is 0 Å². The molecule has 2 aliphatic carbocycles. The normalized spacial score (nSPS) is 24.6. The molecule has 0 saturated heterocycles. The van der Waals surface area contributed by atoms with Crippen LogP contribution in [-0.2, 0) is 12.8 Å². The van der Waals surface area contributed by atoms with Crippen molar-refractivity contribution in [1.29, 1.82) is 0 Å². The number of hydrogen-bond acceptors (Lipinski definition) is 0. The molecule has 0 bridgehead atoms. The van der Waals surface area contributed by atoms with Crippen molar-refractivity contribution in [3.63, 3.8) is 0 Å². The van der Waals surface area contributed by atoms with Crippen molar-refractivity contribution in [2.45, 2.75) is 52.4 Å². The largest absolute Gasteiger partial charge is 0.0599 e. The maximum Gasteiger partial charge on any atom is -0.0161 e. The lowest BCUT2D eigenvalue weighted by Crippen LogP contribution is -2.20. The van der Waals surface area contributed by atoms with Crippen LogP contribution in [0.2, 0.25) is 0 Å². The van der Waals surface area contributed by atoms with Crippen LogP contribution in [0, 0.1) is 11.3 Å². The van der Waals surface area contributed by atoms with Crippen LogP contribution in [0.3, 0.4) is 0 Å². The van der Waals surface area contributed by atoms with Gasteiger partial charge in [0.25, 0.3) is 0 Å². The minimum atomic E-state index is 0.457. The Morgan fingerprint density at radius 2 is 1.69 bits per heavy atom. The molecule has 1 atom stereocenters. The molecule has 1 unspecified atom stereocenters. The molecule has 16 heavy (non-hydrogen) atoms. The standard InChI is InChI=1S/C16H22/c1-16(2,3)15-9-13-7-6-12(11-4-5-11)8-14(13)10-15/h6-8,11,15H,4-5,9-10H2,1-3H3. The minimum Gasteiger partial charge on any atom is -0.0599 e. The molecule has 1 aromatic rings. The highest BCUT2D eigenvalue weighted by atomic mass is 14.4. The molecule has 0 aliphatic heterocycles. The fraction of sp³-hybridized carbons (Fsp3) is 0.625. The summed E-state index contributed by atoms with van der Waals surface area (Å²) in [6, 6.07) is 7.27. The maximum absolute atomic E-state index is 2.50. The van der Waals surface area contributed by atoms with Gasteiger partial charge in [0, 0.05) is 0 Å². The smallest absolute Gasteiger partial charge is 0.0161 e. The van der Waals surface area contributed by atoms with Gasteiger partial charge in [-0.2, -0.15) is 0 Å². The lowest BCUT2D eigenvalue weighted by atomic mass is 9.79. The van der Waals surface area contributed by atoms with E-state index in [1.807, 2.05) is 0 Å². The van der Waals surface area contributed by atoms with Crippen molar-refractivity contribution < 1.29 is 0 Å². The van der Waals surface area contributed by atoms with Crippen LogP contribution in [0.4, 0.5) is 0 Å². The fourth-order valence-electron chi connectivity index (χ4n) is 2.92. The summed E-state index contributed by atoms with van der Waals surface area (Å²) < 4.78 is 0. The zero-order valence-electron chi connectivity index (χ0n) is 10.7. The van der Waals surface area contributed by atoms with E-state index < -0.39 is 0 Å². The Balaban J connectivity index is 1.86. The van der Waals surface area contributed by atoms with Crippen LogP contribution >= 0.6 is 0 Å². The summed E-state index contributed by atoms with van der Waals surface area (Å²) in [6.45, 7) is 7.14. The van der Waals surface area contributed by atoms with Gasteiger partial charge >= 0.3 is 0 Å². The lowest BCUT2D eigenvalue weighted by Gasteiger charge is -2.26. The molecule has 1 saturated carbocycles. The topological polar surface area (TPSA) is 0 Å². The molecule has 0 amide bonds. The highest BCUT2D eigenvalue weighted by Crippen LogP contribution is 2.43. The van der Waals surface area contributed by atoms with Crippen LogP contribution in [0.25, 0.3) is 0 Å². The first-order chi connectivity index (χ1) is 7.54. The molecule has 86 valence electrons. The third-order valence-corrected chi connectivity index (χ3v) is 4.44. The highest BCUT2D eigenvalue weighted by Gasteiger charge is 2.32. The summed E-state index contributed by atoms with van der Waals surface area (Å²) in [6.07, 6.45) is 5.44. The Labute approximate surface area is 99.1 Å². The van der Waals surface area contributed by atoms with Crippen molar-refractivity contribution >= 4 is 0 Å². The summed E-state index contributed by atoms with van der Waals surface area (Å²) >= 11 is 0. The Bertz CT molecular complexity index is 405. The fourth-order valence-corrected chi connectivity index (χ4v) is 2.92. The van der Waals surface area contributed by atoms with Crippen molar-refractivity contribution in [1.82, 2.24) is 0 Å². The van der Waals surface area contributed by atoms with E-state index in [2.05, 4.69) is 39.0 Å². The number of rotatable bonds is 1. The molecule has 1 fully saturated rings. The van der Waals surface area contributed by atoms with Crippen LogP contribution in [0.15, 0.2) is 18.2 Å². The Morgan fingerprint density at radius 1 is 1.00 bits per heavy atom. The summed E-state index contributed by atoms with van der Waals surface area (Å²) in [5.74, 6) is 1.75. The van der Waals surface area contributed by atoms with Gasteiger partial charge in [-0.25, -0.2) is 0 Å². The van der Waals surface area contributed by atoms with Gasteiger partial charge in [-0.15, -0.1) is 0 Å². The predicted molar refractivity (Wildman–Crippen MR) is 68.8 cm³/mol. The summed E-state index contributed by atoms with van der Waals surface area (Å²) in [5.41, 5.74) is 5.32. The van der Waals surface area contributed by atoms with Crippen LogP contribution in [0.5, 0.6) is 0 Å². The van der Waals surface area contributed by atoms with E-state index in [4.69, 9.17) is 0 Å². The molecule has 3 rings (SSSR count). The molecule has 0 spiro atoms. The molecular weight excluding hydrogens is 192 g/mol. The van der Waals surface area contributed by atoms with E-state index in [1.54, 1.807) is 16.7 Å². The second-order valence-corrected chi connectivity index (χ2v) is 6.77. The van der Waals surface area contributed by atoms with Crippen LogP contribution in [-0.4, -0.2) is 0 Å². The molecule has 0 nitrogen and oxygen atoms in total. The first-order valence-electron chi connectivity index (χ1n) is 6.66. The number of benzene rings is 1. The van der Waals surface area contributed by atoms with Crippen molar-refractivity contribution in [3.05, 3.63) is 34.9 Å². The minimum absolute atomic E-state index is 0.457. The van der Waals surface area contributed by atoms with Crippen LogP contribution < -0.4 is 0 Å². The van der Waals surface area contributed by atoms with Gasteiger partial charge in [0.05, 0.1) is 0 Å². The Morgan fingerprint density at radius 3 is 2.31 bits per heavy atom. The first-order valence-corrected chi connectivity index (χ1v) is 6.66. The average Bonchev–Trinajstić information content (AvgIpc) is 2.95. The van der Waals surface area contributed by atoms with Crippen molar-refractivity contribution in [2.24, 2.45) is 11.3 Å². The van der Waals surface area contributed by atoms with E-state index in [0.29, 0.717) is 5.41 Å².